The van der Waals surface area contributed by atoms with Crippen LogP contribution in [-0.2, 0) is 12.8 Å². The number of Topliss-reactive ketones (excluding diaryl/α,β-unsaturated/α-hetero) is 1. The van der Waals surface area contributed by atoms with Crippen LogP contribution in [0.2, 0.25) is 0 Å². The Balaban J connectivity index is 1.58. The van der Waals surface area contributed by atoms with E-state index in [-0.39, 0.29) is 5.78 Å². The lowest BCUT2D eigenvalue weighted by atomic mass is 10.0. The Kier molecular flexibility index (Phi) is 4.92. The Bertz CT molecular complexity index is 711. The number of hydrogen-bond donors (Lipinski definition) is 0. The smallest absolute Gasteiger partial charge is 0.169 e. The molecule has 0 aromatic heterocycles. The molecule has 0 N–H and O–H groups in total. The maximum absolute atomic E-state index is 11.8. The summed E-state index contributed by atoms with van der Waals surface area (Å²) in [4.78, 5) is 11.8. The molecule has 1 heterocycles. The summed E-state index contributed by atoms with van der Waals surface area (Å²) in [5, 5.41) is 0. The van der Waals surface area contributed by atoms with Gasteiger partial charge in [0.1, 0.15) is 5.75 Å². The van der Waals surface area contributed by atoms with Gasteiger partial charge in [-0.2, -0.15) is 0 Å². The van der Waals surface area contributed by atoms with E-state index in [1.165, 1.54) is 11.1 Å². The molecule has 2 aromatic carbocycles. The van der Waals surface area contributed by atoms with Crippen molar-refractivity contribution in [1.82, 2.24) is 0 Å². The number of aryl methyl sites for hydroxylation is 2. The zero-order valence-electron chi connectivity index (χ0n) is 13.5. The topological polar surface area (TPSA) is 26.3 Å². The average Bonchev–Trinajstić information content (AvgIpc) is 2.59. The molecule has 0 fully saturated rings. The molecular formula is C21H22O2. The second kappa shape index (κ2) is 7.28. The van der Waals surface area contributed by atoms with Crippen LogP contribution in [0.3, 0.4) is 0 Å². The first-order valence-electron chi connectivity index (χ1n) is 8.30. The van der Waals surface area contributed by atoms with E-state index in [2.05, 4.69) is 43.3 Å². The van der Waals surface area contributed by atoms with E-state index in [0.29, 0.717) is 18.6 Å². The Labute approximate surface area is 137 Å². The highest BCUT2D eigenvalue weighted by atomic mass is 16.5. The third kappa shape index (κ3) is 3.89. The van der Waals surface area contributed by atoms with Crippen LogP contribution in [0, 0.1) is 0 Å². The number of ether oxygens (including phenoxy) is 1. The lowest BCUT2D eigenvalue weighted by Crippen LogP contribution is -2.15. The van der Waals surface area contributed by atoms with Crippen LogP contribution in [0.5, 0.6) is 5.75 Å². The molecule has 23 heavy (non-hydrogen) atoms. The molecule has 0 atom stereocenters. The molecule has 0 saturated carbocycles. The van der Waals surface area contributed by atoms with Crippen molar-refractivity contribution in [2.24, 2.45) is 0 Å². The third-order valence-electron chi connectivity index (χ3n) is 4.23. The van der Waals surface area contributed by atoms with E-state index in [1.807, 2.05) is 18.2 Å². The summed E-state index contributed by atoms with van der Waals surface area (Å²) in [7, 11) is 0. The second-order valence-electron chi connectivity index (χ2n) is 5.89. The van der Waals surface area contributed by atoms with Crippen LogP contribution in [0.15, 0.2) is 48.5 Å². The zero-order chi connectivity index (χ0) is 16.1. The minimum atomic E-state index is 0.178. The molecule has 1 aliphatic heterocycles. The van der Waals surface area contributed by atoms with E-state index in [0.717, 1.165) is 30.6 Å². The molecule has 118 valence electrons. The van der Waals surface area contributed by atoms with Crippen molar-refractivity contribution in [2.75, 3.05) is 6.61 Å². The number of ketones is 1. The van der Waals surface area contributed by atoms with Gasteiger partial charge in [0, 0.05) is 6.42 Å². The Hall–Kier alpha value is -2.35. The normalized spacial score (nSPS) is 13.9. The summed E-state index contributed by atoms with van der Waals surface area (Å²) in [6, 6.07) is 14.7. The fourth-order valence-corrected chi connectivity index (χ4v) is 2.79. The first-order chi connectivity index (χ1) is 11.3. The van der Waals surface area contributed by atoms with Gasteiger partial charge in [0.15, 0.2) is 5.78 Å². The second-order valence-corrected chi connectivity index (χ2v) is 5.89. The molecular weight excluding hydrogens is 284 g/mol. The van der Waals surface area contributed by atoms with Crippen molar-refractivity contribution < 1.29 is 9.53 Å². The van der Waals surface area contributed by atoms with Gasteiger partial charge in [-0.15, -0.1) is 0 Å². The third-order valence-corrected chi connectivity index (χ3v) is 4.23. The van der Waals surface area contributed by atoms with Gasteiger partial charge in [-0.3, -0.25) is 4.79 Å². The van der Waals surface area contributed by atoms with Gasteiger partial charge >= 0.3 is 0 Å². The molecule has 0 amide bonds. The van der Waals surface area contributed by atoms with Crippen molar-refractivity contribution in [2.45, 2.75) is 32.6 Å². The predicted octanol–water partition coefficient (Wildman–Crippen LogP) is 4.86. The maximum atomic E-state index is 11.8. The molecule has 0 spiro atoms. The summed E-state index contributed by atoms with van der Waals surface area (Å²) in [6.45, 7) is 2.67. The van der Waals surface area contributed by atoms with E-state index in [4.69, 9.17) is 4.74 Å². The monoisotopic (exact) mass is 306 g/mol. The van der Waals surface area contributed by atoms with E-state index >= 15 is 0 Å². The Morgan fingerprint density at radius 1 is 1.09 bits per heavy atom. The van der Waals surface area contributed by atoms with Crippen LogP contribution in [0.25, 0.3) is 6.08 Å². The van der Waals surface area contributed by atoms with Gasteiger partial charge in [-0.25, -0.2) is 0 Å². The van der Waals surface area contributed by atoms with Crippen molar-refractivity contribution in [1.29, 1.82) is 0 Å². The number of fused-ring (bicyclic) bond motifs is 1. The Morgan fingerprint density at radius 3 is 2.65 bits per heavy atom. The van der Waals surface area contributed by atoms with Crippen LogP contribution in [0.4, 0.5) is 0 Å². The van der Waals surface area contributed by atoms with Crippen LogP contribution in [0.1, 0.15) is 46.8 Å². The minimum Gasteiger partial charge on any atom is -0.492 e. The number of rotatable bonds is 5. The highest BCUT2D eigenvalue weighted by molar-refractivity contribution is 5.99. The number of hydrogen-bond acceptors (Lipinski definition) is 2. The number of allylic oxidation sites excluding steroid dienone is 1. The fourth-order valence-electron chi connectivity index (χ4n) is 2.79. The standard InChI is InChI=1S/C21H22O2/c1-2-16-7-9-17(10-8-16)5-3-4-6-18-11-12-19-20(22)13-14-23-21(19)15-18/h4,6-12,15H,2-3,5,13-14H2,1H3/b6-4+. The van der Waals surface area contributed by atoms with Gasteiger partial charge in [0.05, 0.1) is 12.2 Å². The average molecular weight is 306 g/mol. The van der Waals surface area contributed by atoms with Crippen LogP contribution < -0.4 is 4.74 Å². The summed E-state index contributed by atoms with van der Waals surface area (Å²) in [5.74, 6) is 0.899. The summed E-state index contributed by atoms with van der Waals surface area (Å²) < 4.78 is 5.58. The van der Waals surface area contributed by atoms with E-state index in [9.17, 15) is 4.79 Å². The maximum Gasteiger partial charge on any atom is 0.169 e. The summed E-state index contributed by atoms with van der Waals surface area (Å²) in [6.07, 6.45) is 7.90. The molecule has 3 rings (SSSR count). The van der Waals surface area contributed by atoms with Crippen molar-refractivity contribution in [3.63, 3.8) is 0 Å². The first kappa shape index (κ1) is 15.5. The zero-order valence-corrected chi connectivity index (χ0v) is 13.5. The molecule has 0 radical (unpaired) electrons. The molecule has 2 heteroatoms. The lowest BCUT2D eigenvalue weighted by molar-refractivity contribution is 0.0933. The van der Waals surface area contributed by atoms with Gasteiger partial charge in [0.2, 0.25) is 0 Å². The number of carbonyl (C=O) groups excluding carboxylic acids is 1. The molecule has 2 aromatic rings. The quantitative estimate of drug-likeness (QED) is 0.788. The fraction of sp³-hybridized carbons (Fsp3) is 0.286. The predicted molar refractivity (Wildman–Crippen MR) is 94.1 cm³/mol. The Morgan fingerprint density at radius 2 is 1.87 bits per heavy atom. The van der Waals surface area contributed by atoms with Crippen LogP contribution in [-0.4, -0.2) is 12.4 Å². The minimum absolute atomic E-state index is 0.178. The van der Waals surface area contributed by atoms with Gasteiger partial charge in [-0.05, 0) is 48.1 Å². The van der Waals surface area contributed by atoms with Crippen molar-refractivity contribution in [3.05, 3.63) is 70.8 Å². The molecule has 2 nitrogen and oxygen atoms in total. The van der Waals surface area contributed by atoms with Crippen molar-refractivity contribution >= 4 is 11.9 Å². The van der Waals surface area contributed by atoms with E-state index < -0.39 is 0 Å². The SMILES string of the molecule is CCc1ccc(CC/C=C/c2ccc3c(c2)OCCC3=O)cc1. The highest BCUT2D eigenvalue weighted by Crippen LogP contribution is 2.26. The molecule has 0 saturated heterocycles. The molecule has 1 aliphatic rings. The molecule has 0 unspecified atom stereocenters. The van der Waals surface area contributed by atoms with Crippen molar-refractivity contribution in [3.8, 4) is 5.75 Å². The van der Waals surface area contributed by atoms with Crippen LogP contribution >= 0.6 is 0 Å². The van der Waals surface area contributed by atoms with Gasteiger partial charge < -0.3 is 4.74 Å². The van der Waals surface area contributed by atoms with E-state index in [1.54, 1.807) is 0 Å². The molecule has 0 aliphatic carbocycles. The first-order valence-corrected chi connectivity index (χ1v) is 8.30. The van der Waals surface area contributed by atoms with Gasteiger partial charge in [-0.1, -0.05) is 49.4 Å². The van der Waals surface area contributed by atoms with Gasteiger partial charge in [0.25, 0.3) is 0 Å². The highest BCUT2D eigenvalue weighted by Gasteiger charge is 2.17. The summed E-state index contributed by atoms with van der Waals surface area (Å²) in [5.41, 5.74) is 4.54. The number of carbonyl (C=O) groups is 1. The largest absolute Gasteiger partial charge is 0.492 e. The lowest BCUT2D eigenvalue weighted by Gasteiger charge is -2.16. The summed E-state index contributed by atoms with van der Waals surface area (Å²) >= 11 is 0. The number of benzene rings is 2. The molecule has 0 bridgehead atoms.